The minimum Gasteiger partial charge on any atom is -0.497 e. The van der Waals surface area contributed by atoms with Crippen LogP contribution in [0.25, 0.3) is 0 Å². The van der Waals surface area contributed by atoms with Crippen molar-refractivity contribution in [2.45, 2.75) is 13.2 Å². The van der Waals surface area contributed by atoms with E-state index in [1.54, 1.807) is 68.6 Å². The highest BCUT2D eigenvalue weighted by molar-refractivity contribution is 6.05. The third-order valence-electron chi connectivity index (χ3n) is 4.83. The molecule has 31 heavy (non-hydrogen) atoms. The van der Waals surface area contributed by atoms with E-state index in [1.807, 2.05) is 30.3 Å². The van der Waals surface area contributed by atoms with Crippen LogP contribution in [0.3, 0.4) is 0 Å². The third kappa shape index (κ3) is 5.42. The molecule has 3 aromatic carbocycles. The zero-order chi connectivity index (χ0) is 22.2. The zero-order valence-corrected chi connectivity index (χ0v) is 17.8. The fourth-order valence-electron chi connectivity index (χ4n) is 3.20. The van der Waals surface area contributed by atoms with Gasteiger partial charge in [0.25, 0.3) is 5.91 Å². The van der Waals surface area contributed by atoms with Crippen LogP contribution >= 0.6 is 0 Å². The van der Waals surface area contributed by atoms with E-state index < -0.39 is 5.97 Å². The third-order valence-corrected chi connectivity index (χ3v) is 4.83. The van der Waals surface area contributed by atoms with Crippen molar-refractivity contribution in [3.8, 4) is 11.5 Å². The van der Waals surface area contributed by atoms with Crippen LogP contribution in [0, 0.1) is 0 Å². The number of carbonyl (C=O) groups excluding carboxylic acids is 2. The molecule has 0 atom stereocenters. The first-order valence-electron chi connectivity index (χ1n) is 9.80. The maximum Gasteiger partial charge on any atom is 0.339 e. The molecule has 0 aromatic heterocycles. The van der Waals surface area contributed by atoms with E-state index in [2.05, 4.69) is 0 Å². The lowest BCUT2D eigenvalue weighted by Gasteiger charge is -2.19. The first kappa shape index (κ1) is 21.9. The fourth-order valence-corrected chi connectivity index (χ4v) is 3.20. The number of nitrogens with zero attached hydrogens (tertiary/aromatic N) is 1. The summed E-state index contributed by atoms with van der Waals surface area (Å²) in [5.74, 6) is 0.378. The van der Waals surface area contributed by atoms with Gasteiger partial charge in [-0.05, 0) is 35.9 Å². The average molecular weight is 419 g/mol. The van der Waals surface area contributed by atoms with Crippen LogP contribution in [0.1, 0.15) is 31.8 Å². The monoisotopic (exact) mass is 419 g/mol. The second kappa shape index (κ2) is 10.3. The van der Waals surface area contributed by atoms with E-state index >= 15 is 0 Å². The van der Waals surface area contributed by atoms with E-state index in [0.29, 0.717) is 29.2 Å². The van der Waals surface area contributed by atoms with Gasteiger partial charge in [0.15, 0.2) is 0 Å². The Labute approximate surface area is 182 Å². The lowest BCUT2D eigenvalue weighted by atomic mass is 10.1. The molecule has 3 aromatic rings. The predicted octanol–water partition coefficient (Wildman–Crippen LogP) is 4.33. The Morgan fingerprint density at radius 2 is 1.52 bits per heavy atom. The molecule has 0 bridgehead atoms. The van der Waals surface area contributed by atoms with E-state index in [9.17, 15) is 9.59 Å². The minimum atomic E-state index is -0.582. The molecule has 0 fully saturated rings. The molecule has 3 rings (SSSR count). The molecule has 0 radical (unpaired) electrons. The number of carbonyl (C=O) groups is 2. The molecule has 0 aliphatic rings. The highest BCUT2D eigenvalue weighted by Crippen LogP contribution is 2.25. The predicted molar refractivity (Wildman–Crippen MR) is 117 cm³/mol. The standard InChI is InChI=1S/C25H25NO5/c1-26(16-18-9-5-4-6-10-18)24(27)21-11-7-8-12-22(21)25(28)31-17-19-15-20(29-2)13-14-23(19)30-3/h4-15H,16-17H2,1-3H3. The molecule has 0 saturated heterocycles. The molecule has 0 heterocycles. The van der Waals surface area contributed by atoms with E-state index in [-0.39, 0.29) is 18.1 Å². The maximum absolute atomic E-state index is 13.0. The normalized spacial score (nSPS) is 10.3. The van der Waals surface area contributed by atoms with Crippen molar-refractivity contribution < 1.29 is 23.8 Å². The summed E-state index contributed by atoms with van der Waals surface area (Å²) >= 11 is 0. The Hall–Kier alpha value is -3.80. The van der Waals surface area contributed by atoms with Crippen molar-refractivity contribution in [2.24, 2.45) is 0 Å². The highest BCUT2D eigenvalue weighted by atomic mass is 16.5. The van der Waals surface area contributed by atoms with Crippen LogP contribution in [0.4, 0.5) is 0 Å². The van der Waals surface area contributed by atoms with Gasteiger partial charge < -0.3 is 19.1 Å². The lowest BCUT2D eigenvalue weighted by molar-refractivity contribution is 0.0464. The Morgan fingerprint density at radius 3 is 2.19 bits per heavy atom. The molecule has 0 N–H and O–H groups in total. The summed E-state index contributed by atoms with van der Waals surface area (Å²) in [6, 6.07) is 21.6. The summed E-state index contributed by atoms with van der Waals surface area (Å²) in [6.07, 6.45) is 0. The molecular weight excluding hydrogens is 394 g/mol. The largest absolute Gasteiger partial charge is 0.497 e. The molecule has 6 nitrogen and oxygen atoms in total. The molecule has 0 aliphatic heterocycles. The van der Waals surface area contributed by atoms with Crippen LogP contribution in [-0.2, 0) is 17.9 Å². The van der Waals surface area contributed by atoms with Gasteiger partial charge in [-0.3, -0.25) is 4.79 Å². The van der Waals surface area contributed by atoms with Gasteiger partial charge in [0, 0.05) is 19.2 Å². The van der Waals surface area contributed by atoms with Crippen LogP contribution < -0.4 is 9.47 Å². The van der Waals surface area contributed by atoms with Crippen molar-refractivity contribution in [2.75, 3.05) is 21.3 Å². The highest BCUT2D eigenvalue weighted by Gasteiger charge is 2.21. The van der Waals surface area contributed by atoms with Crippen molar-refractivity contribution in [3.05, 3.63) is 95.1 Å². The number of amides is 1. The molecule has 1 amide bonds. The summed E-state index contributed by atoms with van der Waals surface area (Å²) in [6.45, 7) is 0.422. The number of ether oxygens (including phenoxy) is 3. The van der Waals surface area contributed by atoms with Crippen molar-refractivity contribution in [3.63, 3.8) is 0 Å². The van der Waals surface area contributed by atoms with E-state index in [4.69, 9.17) is 14.2 Å². The Morgan fingerprint density at radius 1 is 0.839 bits per heavy atom. The van der Waals surface area contributed by atoms with Crippen molar-refractivity contribution >= 4 is 11.9 Å². The first-order chi connectivity index (χ1) is 15.0. The minimum absolute atomic E-state index is 0.0123. The molecular formula is C25H25NO5. The lowest BCUT2D eigenvalue weighted by Crippen LogP contribution is -2.28. The van der Waals surface area contributed by atoms with Crippen LogP contribution in [-0.4, -0.2) is 38.0 Å². The van der Waals surface area contributed by atoms with Gasteiger partial charge in [0.2, 0.25) is 0 Å². The molecule has 0 saturated carbocycles. The van der Waals surface area contributed by atoms with Gasteiger partial charge in [-0.25, -0.2) is 4.79 Å². The Balaban J connectivity index is 1.75. The number of hydrogen-bond donors (Lipinski definition) is 0. The van der Waals surface area contributed by atoms with Crippen LogP contribution in [0.2, 0.25) is 0 Å². The quantitative estimate of drug-likeness (QED) is 0.509. The number of benzene rings is 3. The Bertz CT molecular complexity index is 1050. The average Bonchev–Trinajstić information content (AvgIpc) is 2.82. The summed E-state index contributed by atoms with van der Waals surface area (Å²) in [5, 5.41) is 0. The van der Waals surface area contributed by atoms with E-state index in [1.165, 1.54) is 0 Å². The Kier molecular flexibility index (Phi) is 7.27. The smallest absolute Gasteiger partial charge is 0.339 e. The molecule has 0 spiro atoms. The van der Waals surface area contributed by atoms with Gasteiger partial charge in [-0.2, -0.15) is 0 Å². The number of hydrogen-bond acceptors (Lipinski definition) is 5. The van der Waals surface area contributed by atoms with Crippen molar-refractivity contribution in [1.29, 1.82) is 0 Å². The zero-order valence-electron chi connectivity index (χ0n) is 17.8. The molecule has 0 unspecified atom stereocenters. The number of rotatable bonds is 8. The van der Waals surface area contributed by atoms with Crippen molar-refractivity contribution in [1.82, 2.24) is 4.90 Å². The topological polar surface area (TPSA) is 65.1 Å². The first-order valence-corrected chi connectivity index (χ1v) is 9.80. The molecule has 160 valence electrons. The van der Waals surface area contributed by atoms with Gasteiger partial charge in [-0.15, -0.1) is 0 Å². The number of esters is 1. The SMILES string of the molecule is COc1ccc(OC)c(COC(=O)c2ccccc2C(=O)N(C)Cc2ccccc2)c1. The summed E-state index contributed by atoms with van der Waals surface area (Å²) in [4.78, 5) is 27.4. The fraction of sp³-hybridized carbons (Fsp3) is 0.200. The van der Waals surface area contributed by atoms with Crippen LogP contribution in [0.15, 0.2) is 72.8 Å². The second-order valence-electron chi connectivity index (χ2n) is 6.95. The summed E-state index contributed by atoms with van der Waals surface area (Å²) < 4.78 is 16.1. The van der Waals surface area contributed by atoms with Gasteiger partial charge in [0.1, 0.15) is 18.1 Å². The second-order valence-corrected chi connectivity index (χ2v) is 6.95. The van der Waals surface area contributed by atoms with Gasteiger partial charge >= 0.3 is 5.97 Å². The molecule has 6 heteroatoms. The van der Waals surface area contributed by atoms with Crippen LogP contribution in [0.5, 0.6) is 11.5 Å². The van der Waals surface area contributed by atoms with Gasteiger partial charge in [0.05, 0.1) is 25.3 Å². The summed E-state index contributed by atoms with van der Waals surface area (Å²) in [5.41, 5.74) is 2.18. The van der Waals surface area contributed by atoms with E-state index in [0.717, 1.165) is 5.56 Å². The maximum atomic E-state index is 13.0. The molecule has 0 aliphatic carbocycles. The van der Waals surface area contributed by atoms with Gasteiger partial charge in [-0.1, -0.05) is 42.5 Å². The summed E-state index contributed by atoms with van der Waals surface area (Å²) in [7, 11) is 4.81. The number of methoxy groups -OCH3 is 2.